The van der Waals surface area contributed by atoms with E-state index in [-0.39, 0.29) is 38.9 Å². The van der Waals surface area contributed by atoms with Crippen molar-refractivity contribution in [1.82, 2.24) is 0 Å². The van der Waals surface area contributed by atoms with Gasteiger partial charge in [0.05, 0.1) is 53.4 Å². The Morgan fingerprint density at radius 3 is 2.34 bits per heavy atom. The Balaban J connectivity index is 1.73. The van der Waals surface area contributed by atoms with Crippen LogP contribution in [0, 0.1) is 24.7 Å². The van der Waals surface area contributed by atoms with Crippen molar-refractivity contribution in [1.29, 1.82) is 0 Å². The van der Waals surface area contributed by atoms with Gasteiger partial charge < -0.3 is 59.8 Å². The second-order valence-electron chi connectivity index (χ2n) is 16.4. The van der Waals surface area contributed by atoms with Gasteiger partial charge in [0, 0.05) is 67.5 Å². The number of benzene rings is 2. The molecule has 0 spiro atoms. The molecule has 5 bridgehead atoms. The molecule has 1 fully saturated rings. The van der Waals surface area contributed by atoms with Crippen LogP contribution in [0.1, 0.15) is 84.2 Å². The number of methoxy groups -OCH3 is 1. The van der Waals surface area contributed by atoms with Crippen molar-refractivity contribution in [3.63, 3.8) is 0 Å². The predicted molar refractivity (Wildman–Crippen MR) is 216 cm³/mol. The minimum Gasteiger partial charge on any atom is -0.507 e. The van der Waals surface area contributed by atoms with Gasteiger partial charge in [-0.3, -0.25) is 14.4 Å². The van der Waals surface area contributed by atoms with Crippen LogP contribution in [0.25, 0.3) is 10.8 Å². The number of allylic oxidation sites excluding steroid dienone is 2. The van der Waals surface area contributed by atoms with Gasteiger partial charge in [0.25, 0.3) is 11.7 Å². The van der Waals surface area contributed by atoms with Crippen LogP contribution in [0.15, 0.2) is 42.2 Å². The Hall–Kier alpha value is -4.67. The first-order chi connectivity index (χ1) is 27.1. The highest BCUT2D eigenvalue weighted by atomic mass is 16.7. The number of aliphatic hydroxyl groups excluding tert-OH is 3. The molecule has 0 radical (unpaired) electrons. The molecule has 0 aromatic heterocycles. The summed E-state index contributed by atoms with van der Waals surface area (Å²) < 4.78 is 23.8. The van der Waals surface area contributed by atoms with E-state index < -0.39 is 94.9 Å². The summed E-state index contributed by atoms with van der Waals surface area (Å²) in [7, 11) is 1.43. The topological polar surface area (TPSA) is 225 Å². The van der Waals surface area contributed by atoms with Crippen molar-refractivity contribution in [3.8, 4) is 17.2 Å². The van der Waals surface area contributed by atoms with Crippen molar-refractivity contribution in [3.05, 3.63) is 53.3 Å². The van der Waals surface area contributed by atoms with E-state index in [2.05, 4.69) is 5.32 Å². The molecule has 4 aliphatic heterocycles. The standard InChI is InChI=1S/C43H58N2O13/c1-20-13-11-16-42(8,54)39(51)24(5)34(48)22(3)37(57-26(7)47)21(2)30(55-10)15-18-56-43(9)40(52)33-31-29(45-17-12-14-28(45)25(6)46)19-27(44-41(20)53)36(50)32(31)35(49)23(4)38(33)58-43/h11,13,15-16,18-19,21-22,24-25,28,30,34,37,39,46,48-51,54H,12,14,17H2,1-10H3,(H,44,53)/t21-,22+,24-,25-,28+,30-,34-,37-,39-,42+,43+/m0/s1. The number of ether oxygens (including phenoxy) is 4. The first kappa shape index (κ1) is 44.4. The molecule has 2 aromatic carbocycles. The number of hydrogen-bond donors (Lipinski definition) is 7. The lowest BCUT2D eigenvalue weighted by molar-refractivity contribution is -0.162. The third-order valence-corrected chi connectivity index (χ3v) is 12.0. The molecule has 0 unspecified atom stereocenters. The van der Waals surface area contributed by atoms with Crippen LogP contribution >= 0.6 is 0 Å². The number of aliphatic hydroxyl groups is 4. The number of carbonyl (C=O) groups is 3. The molecule has 0 saturated carbocycles. The summed E-state index contributed by atoms with van der Waals surface area (Å²) in [5, 5.41) is 71.3. The van der Waals surface area contributed by atoms with Gasteiger partial charge >= 0.3 is 11.8 Å². The van der Waals surface area contributed by atoms with Gasteiger partial charge in [0.15, 0.2) is 5.75 Å². The maximum absolute atomic E-state index is 14.6. The molecule has 2 aromatic rings. The molecular formula is C43H58N2O13. The van der Waals surface area contributed by atoms with Gasteiger partial charge in [-0.15, -0.1) is 0 Å². The van der Waals surface area contributed by atoms with Gasteiger partial charge in [-0.05, 0) is 52.7 Å². The number of fused-ring (bicyclic) bond motifs is 14. The van der Waals surface area contributed by atoms with E-state index in [1.54, 1.807) is 27.7 Å². The second-order valence-corrected chi connectivity index (χ2v) is 16.4. The Morgan fingerprint density at radius 2 is 1.72 bits per heavy atom. The molecule has 11 atom stereocenters. The Kier molecular flexibility index (Phi) is 12.9. The van der Waals surface area contributed by atoms with E-state index in [1.165, 1.54) is 78.4 Å². The van der Waals surface area contributed by atoms with Crippen molar-refractivity contribution < 1.29 is 64.0 Å². The third-order valence-electron chi connectivity index (χ3n) is 12.0. The van der Waals surface area contributed by atoms with Crippen LogP contribution in [-0.4, -0.2) is 110 Å². The monoisotopic (exact) mass is 810 g/mol. The lowest BCUT2D eigenvalue weighted by Gasteiger charge is -2.39. The molecule has 4 aliphatic rings. The molecule has 0 aliphatic carbocycles. The van der Waals surface area contributed by atoms with Gasteiger partial charge in [-0.1, -0.05) is 39.0 Å². The lowest BCUT2D eigenvalue weighted by atomic mass is 9.77. The highest BCUT2D eigenvalue weighted by Gasteiger charge is 2.50. The number of esters is 1. The average molecular weight is 811 g/mol. The highest BCUT2D eigenvalue weighted by Crippen LogP contribution is 2.54. The molecular weight excluding hydrogens is 752 g/mol. The molecule has 4 heterocycles. The molecule has 15 heteroatoms. The zero-order valence-electron chi connectivity index (χ0n) is 34.8. The smallest absolute Gasteiger partial charge is 0.312 e. The van der Waals surface area contributed by atoms with Crippen molar-refractivity contribution in [2.24, 2.45) is 17.8 Å². The summed E-state index contributed by atoms with van der Waals surface area (Å²) in [5.41, 5.74) is -1.35. The quantitative estimate of drug-likeness (QED) is 0.167. The van der Waals surface area contributed by atoms with Crippen LogP contribution in [0.4, 0.5) is 11.4 Å². The SMILES string of the molecule is CO[C@H]1C=CO[C@]2(C)Oc3c(C)c(O)c4c(O)c(cc(N5CCC[C@@H]5[C@H](C)O)c4c3C2=O)NC(=O)C(C)=CC=C[C@@](C)(O)[C@@H](O)[C@@H](C)[C@@H](O)[C@@H](C)[C@@H](OC(C)=O)[C@H]1C. The summed E-state index contributed by atoms with van der Waals surface area (Å²) in [5.74, 6) is -7.18. The number of nitrogens with one attached hydrogen (secondary N) is 1. The first-order valence-electron chi connectivity index (χ1n) is 19.6. The molecule has 318 valence electrons. The summed E-state index contributed by atoms with van der Waals surface area (Å²) in [6.07, 6.45) is 2.66. The fourth-order valence-electron chi connectivity index (χ4n) is 8.50. The number of amides is 1. The van der Waals surface area contributed by atoms with E-state index in [1.807, 2.05) is 4.90 Å². The number of rotatable bonds is 4. The normalized spacial score (nSPS) is 32.9. The Morgan fingerprint density at radius 1 is 1.05 bits per heavy atom. The van der Waals surface area contributed by atoms with Crippen LogP contribution < -0.4 is 15.0 Å². The minimum atomic E-state index is -1.98. The van der Waals surface area contributed by atoms with Crippen LogP contribution in [0.2, 0.25) is 0 Å². The molecule has 15 nitrogen and oxygen atoms in total. The maximum atomic E-state index is 14.6. The fraction of sp³-hybridized carbons (Fsp3) is 0.558. The van der Waals surface area contributed by atoms with Crippen LogP contribution in [-0.2, 0) is 23.8 Å². The summed E-state index contributed by atoms with van der Waals surface area (Å²) in [6.45, 7) is 14.0. The molecule has 6 rings (SSSR count). The first-order valence-corrected chi connectivity index (χ1v) is 19.6. The largest absolute Gasteiger partial charge is 0.507 e. The number of ketones is 1. The lowest BCUT2D eigenvalue weighted by Crippen LogP contribution is -2.50. The number of phenols is 2. The van der Waals surface area contributed by atoms with E-state index >= 15 is 0 Å². The third kappa shape index (κ3) is 8.15. The number of phenolic OH excluding ortho intramolecular Hbond substituents is 2. The highest BCUT2D eigenvalue weighted by molar-refractivity contribution is 6.23. The molecule has 7 N–H and O–H groups in total. The number of aromatic hydroxyl groups is 2. The average Bonchev–Trinajstić information content (AvgIpc) is 3.76. The van der Waals surface area contributed by atoms with Gasteiger partial charge in [0.2, 0.25) is 0 Å². The Labute approximate surface area is 338 Å². The fourth-order valence-corrected chi connectivity index (χ4v) is 8.50. The Bertz CT molecular complexity index is 2020. The summed E-state index contributed by atoms with van der Waals surface area (Å²) in [6, 6.07) is 1.09. The number of hydrogen-bond acceptors (Lipinski definition) is 14. The van der Waals surface area contributed by atoms with Crippen LogP contribution in [0.5, 0.6) is 17.2 Å². The maximum Gasteiger partial charge on any atom is 0.312 e. The van der Waals surface area contributed by atoms with E-state index in [9.17, 15) is 45.0 Å². The zero-order chi connectivity index (χ0) is 43.2. The predicted octanol–water partition coefficient (Wildman–Crippen LogP) is 4.51. The summed E-state index contributed by atoms with van der Waals surface area (Å²) in [4.78, 5) is 42.5. The zero-order valence-corrected chi connectivity index (χ0v) is 34.8. The van der Waals surface area contributed by atoms with Crippen LogP contribution in [0.3, 0.4) is 0 Å². The molecule has 1 saturated heterocycles. The number of nitrogens with zero attached hydrogens (tertiary/aromatic N) is 1. The van der Waals surface area contributed by atoms with E-state index in [0.717, 1.165) is 0 Å². The minimum absolute atomic E-state index is 0.0220. The number of carbonyl (C=O) groups excluding carboxylic acids is 3. The van der Waals surface area contributed by atoms with Gasteiger partial charge in [-0.2, -0.15) is 0 Å². The van der Waals surface area contributed by atoms with E-state index in [4.69, 9.17) is 18.9 Å². The molecule has 58 heavy (non-hydrogen) atoms. The van der Waals surface area contributed by atoms with Gasteiger partial charge in [-0.25, -0.2) is 0 Å². The molecule has 1 amide bonds. The van der Waals surface area contributed by atoms with Crippen molar-refractivity contribution in [2.45, 2.75) is 123 Å². The second kappa shape index (κ2) is 16.9. The van der Waals surface area contributed by atoms with Crippen molar-refractivity contribution >= 4 is 39.8 Å². The number of Topliss-reactive ketones (excluding diaryl/α,β-unsaturated/α-hetero) is 1. The van der Waals surface area contributed by atoms with E-state index in [0.29, 0.717) is 25.1 Å². The summed E-state index contributed by atoms with van der Waals surface area (Å²) >= 11 is 0. The number of anilines is 2. The van der Waals surface area contributed by atoms with Gasteiger partial charge in [0.1, 0.15) is 23.2 Å². The van der Waals surface area contributed by atoms with Crippen molar-refractivity contribution in [2.75, 3.05) is 23.9 Å².